The van der Waals surface area contributed by atoms with Gasteiger partial charge in [-0.3, -0.25) is 9.36 Å². The van der Waals surface area contributed by atoms with Gasteiger partial charge in [-0.2, -0.15) is 0 Å². The number of hydrogen-bond acceptors (Lipinski definition) is 4. The Kier molecular flexibility index (Phi) is 4.60. The van der Waals surface area contributed by atoms with E-state index in [0.29, 0.717) is 5.69 Å². The first kappa shape index (κ1) is 15.8. The second kappa shape index (κ2) is 6.43. The van der Waals surface area contributed by atoms with E-state index in [1.165, 1.54) is 10.8 Å². The highest BCUT2D eigenvalue weighted by Crippen LogP contribution is 2.06. The van der Waals surface area contributed by atoms with E-state index in [1.807, 2.05) is 0 Å². The molecule has 6 nitrogen and oxygen atoms in total. The molecule has 0 saturated heterocycles. The van der Waals surface area contributed by atoms with Crippen LogP contribution in [0.15, 0.2) is 46.1 Å². The second-order valence-electron chi connectivity index (χ2n) is 5.02. The van der Waals surface area contributed by atoms with Crippen LogP contribution in [0.25, 0.3) is 5.69 Å². The van der Waals surface area contributed by atoms with Crippen molar-refractivity contribution < 1.29 is 9.53 Å². The van der Waals surface area contributed by atoms with Gasteiger partial charge in [0.2, 0.25) is 0 Å². The Morgan fingerprint density at radius 3 is 2.36 bits per heavy atom. The third kappa shape index (κ3) is 2.86. The Balaban J connectivity index is 2.80. The highest BCUT2D eigenvalue weighted by molar-refractivity contribution is 5.88. The smallest absolute Gasteiger partial charge is 0.345 e. The number of rotatable bonds is 4. The molecule has 0 bridgehead atoms. The number of carbonyl (C=O) groups excluding carboxylic acids is 1. The third-order valence-corrected chi connectivity index (χ3v) is 3.18. The van der Waals surface area contributed by atoms with Crippen LogP contribution in [-0.2, 0) is 4.74 Å². The molecular weight excluding hydrogens is 284 g/mol. The quantitative estimate of drug-likeness (QED) is 0.807. The number of ether oxygens (including phenoxy) is 1. The van der Waals surface area contributed by atoms with Gasteiger partial charge in [-0.15, -0.1) is 0 Å². The summed E-state index contributed by atoms with van der Waals surface area (Å²) in [5.41, 5.74) is -0.900. The van der Waals surface area contributed by atoms with Crippen molar-refractivity contribution in [3.05, 3.63) is 62.9 Å². The summed E-state index contributed by atoms with van der Waals surface area (Å²) < 4.78 is 7.25. The average Bonchev–Trinajstić information content (AvgIpc) is 2.48. The highest BCUT2D eigenvalue weighted by Gasteiger charge is 2.20. The van der Waals surface area contributed by atoms with Crippen molar-refractivity contribution in [3.63, 3.8) is 0 Å². The lowest BCUT2D eigenvalue weighted by atomic mass is 10.2. The van der Waals surface area contributed by atoms with Gasteiger partial charge in [0.1, 0.15) is 5.56 Å². The molecule has 6 heteroatoms. The van der Waals surface area contributed by atoms with Crippen molar-refractivity contribution >= 4 is 5.97 Å². The summed E-state index contributed by atoms with van der Waals surface area (Å²) >= 11 is 0. The molecule has 0 spiro atoms. The molecule has 1 heterocycles. The lowest BCUT2D eigenvalue weighted by Crippen LogP contribution is -2.42. The first-order valence-electron chi connectivity index (χ1n) is 7.08. The summed E-state index contributed by atoms with van der Waals surface area (Å²) in [6.45, 7) is 5.42. The summed E-state index contributed by atoms with van der Waals surface area (Å²) in [5.74, 6) is -0.730. The van der Waals surface area contributed by atoms with Crippen molar-refractivity contribution in [2.24, 2.45) is 0 Å². The molecular formula is C16H18N2O4. The topological polar surface area (TPSA) is 70.3 Å². The van der Waals surface area contributed by atoms with Crippen LogP contribution in [0.2, 0.25) is 0 Å². The number of para-hydroxylation sites is 1. The minimum absolute atomic E-state index is 0.154. The number of benzene rings is 1. The first-order valence-corrected chi connectivity index (χ1v) is 7.08. The summed E-state index contributed by atoms with van der Waals surface area (Å²) in [6, 6.07) is 8.31. The predicted molar refractivity (Wildman–Crippen MR) is 82.6 cm³/mol. The van der Waals surface area contributed by atoms with Gasteiger partial charge in [0.05, 0.1) is 12.3 Å². The largest absolute Gasteiger partial charge is 0.462 e. The fraction of sp³-hybridized carbons (Fsp3) is 0.312. The number of carbonyl (C=O) groups is 1. The molecule has 1 aromatic carbocycles. The number of aromatic nitrogens is 2. The molecule has 116 valence electrons. The van der Waals surface area contributed by atoms with Crippen molar-refractivity contribution in [2.45, 2.75) is 26.8 Å². The molecule has 2 rings (SSSR count). The Morgan fingerprint density at radius 2 is 1.82 bits per heavy atom. The van der Waals surface area contributed by atoms with E-state index in [-0.39, 0.29) is 18.2 Å². The van der Waals surface area contributed by atoms with Crippen LogP contribution in [0.1, 0.15) is 37.2 Å². The van der Waals surface area contributed by atoms with Crippen molar-refractivity contribution in [3.8, 4) is 5.69 Å². The predicted octanol–water partition coefficient (Wildman–Crippen LogP) is 1.76. The maximum atomic E-state index is 12.5. The first-order chi connectivity index (χ1) is 10.5. The zero-order valence-electron chi connectivity index (χ0n) is 12.8. The molecule has 0 aliphatic carbocycles. The Morgan fingerprint density at radius 1 is 1.18 bits per heavy atom. The monoisotopic (exact) mass is 302 g/mol. The van der Waals surface area contributed by atoms with Gasteiger partial charge in [0.15, 0.2) is 0 Å². The van der Waals surface area contributed by atoms with Crippen LogP contribution >= 0.6 is 0 Å². The minimum atomic E-state index is -0.730. The maximum Gasteiger partial charge on any atom is 0.345 e. The van der Waals surface area contributed by atoms with Gasteiger partial charge in [-0.1, -0.05) is 18.2 Å². The summed E-state index contributed by atoms with van der Waals surface area (Å²) in [7, 11) is 0. The van der Waals surface area contributed by atoms with Crippen LogP contribution < -0.4 is 11.2 Å². The van der Waals surface area contributed by atoms with Crippen LogP contribution in [-0.4, -0.2) is 21.7 Å². The molecule has 2 aromatic rings. The molecule has 0 unspecified atom stereocenters. The lowest BCUT2D eigenvalue weighted by molar-refractivity contribution is 0.0522. The van der Waals surface area contributed by atoms with E-state index in [9.17, 15) is 14.4 Å². The Bertz CT molecular complexity index is 788. The molecule has 0 fully saturated rings. The van der Waals surface area contributed by atoms with Crippen molar-refractivity contribution in [2.75, 3.05) is 6.61 Å². The SMILES string of the molecule is CCOC(=O)c1cn(C(C)C)c(=O)n(-c2ccccc2)c1=O. The van der Waals surface area contributed by atoms with Crippen LogP contribution in [0.3, 0.4) is 0 Å². The zero-order valence-corrected chi connectivity index (χ0v) is 12.8. The third-order valence-electron chi connectivity index (χ3n) is 3.18. The van der Waals surface area contributed by atoms with Gasteiger partial charge >= 0.3 is 11.7 Å². The van der Waals surface area contributed by atoms with Crippen LogP contribution in [0.4, 0.5) is 0 Å². The summed E-state index contributed by atoms with van der Waals surface area (Å²) in [5, 5.41) is 0. The van der Waals surface area contributed by atoms with E-state index in [0.717, 1.165) is 4.57 Å². The van der Waals surface area contributed by atoms with E-state index in [4.69, 9.17) is 4.74 Å². The molecule has 0 aliphatic rings. The normalized spacial score (nSPS) is 10.7. The van der Waals surface area contributed by atoms with E-state index < -0.39 is 17.2 Å². The maximum absolute atomic E-state index is 12.5. The molecule has 1 aromatic heterocycles. The zero-order chi connectivity index (χ0) is 16.3. The van der Waals surface area contributed by atoms with Crippen LogP contribution in [0.5, 0.6) is 0 Å². The molecule has 0 atom stereocenters. The molecule has 0 N–H and O–H groups in total. The van der Waals surface area contributed by atoms with E-state index in [2.05, 4.69) is 0 Å². The number of hydrogen-bond donors (Lipinski definition) is 0. The van der Waals surface area contributed by atoms with Gasteiger partial charge < -0.3 is 4.74 Å². The number of nitrogens with zero attached hydrogens (tertiary/aromatic N) is 2. The van der Waals surface area contributed by atoms with Crippen LogP contribution in [0, 0.1) is 0 Å². The van der Waals surface area contributed by atoms with Gasteiger partial charge in [-0.25, -0.2) is 14.2 Å². The molecule has 0 aliphatic heterocycles. The molecule has 0 saturated carbocycles. The van der Waals surface area contributed by atoms with E-state index in [1.54, 1.807) is 51.1 Å². The number of esters is 1. The lowest BCUT2D eigenvalue weighted by Gasteiger charge is -2.15. The fourth-order valence-electron chi connectivity index (χ4n) is 2.10. The molecule has 0 amide bonds. The van der Waals surface area contributed by atoms with Crippen molar-refractivity contribution in [1.29, 1.82) is 0 Å². The average molecular weight is 302 g/mol. The minimum Gasteiger partial charge on any atom is -0.462 e. The Hall–Kier alpha value is -2.63. The van der Waals surface area contributed by atoms with Crippen molar-refractivity contribution in [1.82, 2.24) is 9.13 Å². The fourth-order valence-corrected chi connectivity index (χ4v) is 2.10. The second-order valence-corrected chi connectivity index (χ2v) is 5.02. The van der Waals surface area contributed by atoms with E-state index >= 15 is 0 Å². The standard InChI is InChI=1S/C16H18N2O4/c1-4-22-15(20)13-10-17(11(2)3)16(21)18(14(13)19)12-8-6-5-7-9-12/h5-11H,4H2,1-3H3. The summed E-state index contributed by atoms with van der Waals surface area (Å²) in [4.78, 5) is 37.1. The molecule has 22 heavy (non-hydrogen) atoms. The van der Waals surface area contributed by atoms with Gasteiger partial charge in [0, 0.05) is 12.2 Å². The highest BCUT2D eigenvalue weighted by atomic mass is 16.5. The Labute approximate surface area is 127 Å². The summed E-state index contributed by atoms with van der Waals surface area (Å²) in [6.07, 6.45) is 1.27. The van der Waals surface area contributed by atoms with Gasteiger partial charge in [0.25, 0.3) is 5.56 Å². The van der Waals surface area contributed by atoms with Gasteiger partial charge in [-0.05, 0) is 32.9 Å². The molecule has 0 radical (unpaired) electrons.